The Bertz CT molecular complexity index is 1030. The number of ether oxygens (including phenoxy) is 1. The van der Waals surface area contributed by atoms with Gasteiger partial charge in [-0.25, -0.2) is 0 Å². The van der Waals surface area contributed by atoms with E-state index in [4.69, 9.17) is 4.74 Å². The lowest BCUT2D eigenvalue weighted by molar-refractivity contribution is -0.117. The fourth-order valence-electron chi connectivity index (χ4n) is 3.23. The number of amides is 2. The lowest BCUT2D eigenvalue weighted by atomic mass is 10.2. The molecule has 2 N–H and O–H groups in total. The van der Waals surface area contributed by atoms with E-state index in [1.165, 1.54) is 0 Å². The van der Waals surface area contributed by atoms with Crippen molar-refractivity contribution in [2.24, 2.45) is 0 Å². The molecule has 2 aliphatic rings. The standard InChI is InChI=1S/C27H31N3O3/c1-30(2)20-8-19-28-26(31)21-9-7-10-23(16-13-21)29-27(32)22-14-17-25(18-15-22)33-24-11-5-3-4-6-12-24/h3,5-7,9,11-18H,4,8,10,19-20H2,1-2H3,(H,28,31)(H,29,32). The van der Waals surface area contributed by atoms with Gasteiger partial charge in [0.05, 0.1) is 0 Å². The first kappa shape index (κ1) is 24.0. The third-order valence-electron chi connectivity index (χ3n) is 5.01. The zero-order valence-electron chi connectivity index (χ0n) is 19.2. The Morgan fingerprint density at radius 2 is 1.79 bits per heavy atom. The van der Waals surface area contributed by atoms with Crippen LogP contribution in [0.15, 0.2) is 96.0 Å². The Morgan fingerprint density at radius 1 is 0.970 bits per heavy atom. The van der Waals surface area contributed by atoms with Gasteiger partial charge < -0.3 is 20.3 Å². The summed E-state index contributed by atoms with van der Waals surface area (Å²) in [6.07, 6.45) is 19.4. The van der Waals surface area contributed by atoms with Crippen LogP contribution in [0.4, 0.5) is 0 Å². The second kappa shape index (κ2) is 12.4. The van der Waals surface area contributed by atoms with Gasteiger partial charge in [-0.3, -0.25) is 9.59 Å². The molecule has 2 amide bonds. The molecule has 2 aliphatic carbocycles. The Morgan fingerprint density at radius 3 is 2.58 bits per heavy atom. The van der Waals surface area contributed by atoms with Crippen LogP contribution in [0.25, 0.3) is 0 Å². The maximum absolute atomic E-state index is 12.7. The van der Waals surface area contributed by atoms with E-state index in [1.807, 2.05) is 44.5 Å². The maximum Gasteiger partial charge on any atom is 0.255 e. The van der Waals surface area contributed by atoms with Crippen molar-refractivity contribution in [1.82, 2.24) is 15.5 Å². The van der Waals surface area contributed by atoms with Gasteiger partial charge in [0.15, 0.2) is 0 Å². The molecule has 0 heterocycles. The maximum atomic E-state index is 12.7. The molecule has 6 nitrogen and oxygen atoms in total. The summed E-state index contributed by atoms with van der Waals surface area (Å²) >= 11 is 0. The summed E-state index contributed by atoms with van der Waals surface area (Å²) in [4.78, 5) is 27.1. The predicted molar refractivity (Wildman–Crippen MR) is 132 cm³/mol. The highest BCUT2D eigenvalue weighted by molar-refractivity contribution is 5.97. The Hall–Kier alpha value is -3.64. The number of nitrogens with one attached hydrogen (secondary N) is 2. The van der Waals surface area contributed by atoms with E-state index >= 15 is 0 Å². The van der Waals surface area contributed by atoms with Crippen LogP contribution in [-0.4, -0.2) is 43.9 Å². The quantitative estimate of drug-likeness (QED) is 0.563. The number of hydrogen-bond acceptors (Lipinski definition) is 4. The van der Waals surface area contributed by atoms with Crippen molar-refractivity contribution >= 4 is 11.8 Å². The van der Waals surface area contributed by atoms with Crippen LogP contribution in [-0.2, 0) is 4.79 Å². The van der Waals surface area contributed by atoms with Gasteiger partial charge in [0, 0.05) is 29.8 Å². The number of nitrogens with zero attached hydrogens (tertiary/aromatic N) is 1. The fourth-order valence-corrected chi connectivity index (χ4v) is 3.23. The van der Waals surface area contributed by atoms with E-state index in [1.54, 1.807) is 42.5 Å². The minimum absolute atomic E-state index is 0.112. The molecule has 0 aromatic heterocycles. The number of allylic oxidation sites excluding steroid dienone is 8. The van der Waals surface area contributed by atoms with E-state index in [9.17, 15) is 9.59 Å². The van der Waals surface area contributed by atoms with Crippen molar-refractivity contribution in [3.63, 3.8) is 0 Å². The average molecular weight is 446 g/mol. The van der Waals surface area contributed by atoms with E-state index in [-0.39, 0.29) is 11.8 Å². The van der Waals surface area contributed by atoms with Crippen molar-refractivity contribution in [2.45, 2.75) is 19.3 Å². The largest absolute Gasteiger partial charge is 0.457 e. The van der Waals surface area contributed by atoms with Gasteiger partial charge in [-0.2, -0.15) is 0 Å². The van der Waals surface area contributed by atoms with Crippen LogP contribution in [0.5, 0.6) is 5.75 Å². The Balaban J connectivity index is 1.54. The van der Waals surface area contributed by atoms with E-state index in [2.05, 4.69) is 21.6 Å². The van der Waals surface area contributed by atoms with Gasteiger partial charge in [0.25, 0.3) is 11.8 Å². The van der Waals surface area contributed by atoms with E-state index < -0.39 is 0 Å². The normalized spacial score (nSPS) is 15.2. The second-order valence-corrected chi connectivity index (χ2v) is 8.05. The monoisotopic (exact) mass is 445 g/mol. The Labute approximate surface area is 195 Å². The second-order valence-electron chi connectivity index (χ2n) is 8.05. The van der Waals surface area contributed by atoms with Crippen molar-refractivity contribution in [2.75, 3.05) is 27.2 Å². The van der Waals surface area contributed by atoms with E-state index in [0.29, 0.717) is 29.9 Å². The SMILES string of the molecule is CN(C)CCCNC(=O)C1=CC=C(NC(=O)c2ccc(OC3=CC=CCC=C3)cc2)CC=C1. The summed E-state index contributed by atoms with van der Waals surface area (Å²) < 4.78 is 5.84. The topological polar surface area (TPSA) is 70.7 Å². The molecular formula is C27H31N3O3. The van der Waals surface area contributed by atoms with Crippen LogP contribution in [0.3, 0.4) is 0 Å². The third kappa shape index (κ3) is 8.09. The molecule has 0 fully saturated rings. The molecule has 0 saturated carbocycles. The number of carbonyl (C=O) groups excluding carboxylic acids is 2. The van der Waals surface area contributed by atoms with Crippen molar-refractivity contribution in [1.29, 1.82) is 0 Å². The molecule has 0 bridgehead atoms. The molecule has 0 saturated heterocycles. The molecule has 3 rings (SSSR count). The molecule has 0 spiro atoms. The first-order valence-corrected chi connectivity index (χ1v) is 11.1. The first-order chi connectivity index (χ1) is 16.0. The van der Waals surface area contributed by atoms with Gasteiger partial charge in [-0.1, -0.05) is 30.4 Å². The molecule has 1 aromatic rings. The highest BCUT2D eigenvalue weighted by atomic mass is 16.5. The third-order valence-corrected chi connectivity index (χ3v) is 5.01. The molecule has 0 aliphatic heterocycles. The van der Waals surface area contributed by atoms with Crippen LogP contribution in [0, 0.1) is 0 Å². The lowest BCUT2D eigenvalue weighted by Crippen LogP contribution is -2.27. The van der Waals surface area contributed by atoms with Gasteiger partial charge in [0.2, 0.25) is 0 Å². The highest BCUT2D eigenvalue weighted by Gasteiger charge is 2.11. The summed E-state index contributed by atoms with van der Waals surface area (Å²) in [6, 6.07) is 7.02. The van der Waals surface area contributed by atoms with Crippen molar-refractivity contribution in [3.05, 3.63) is 102 Å². The minimum Gasteiger partial charge on any atom is -0.457 e. The molecule has 1 aromatic carbocycles. The van der Waals surface area contributed by atoms with E-state index in [0.717, 1.165) is 30.8 Å². The number of benzene rings is 1. The predicted octanol–water partition coefficient (Wildman–Crippen LogP) is 4.03. The summed E-state index contributed by atoms with van der Waals surface area (Å²) in [7, 11) is 4.01. The van der Waals surface area contributed by atoms with Gasteiger partial charge in [-0.05, 0) is 82.1 Å². The van der Waals surface area contributed by atoms with Gasteiger partial charge >= 0.3 is 0 Å². The van der Waals surface area contributed by atoms with Crippen LogP contribution < -0.4 is 15.4 Å². The molecule has 0 unspecified atom stereocenters. The summed E-state index contributed by atoms with van der Waals surface area (Å²) in [6.45, 7) is 1.55. The zero-order valence-corrected chi connectivity index (χ0v) is 19.2. The first-order valence-electron chi connectivity index (χ1n) is 11.1. The number of hydrogen-bond donors (Lipinski definition) is 2. The summed E-state index contributed by atoms with van der Waals surface area (Å²) in [5.74, 6) is 1.10. The zero-order chi connectivity index (χ0) is 23.5. The minimum atomic E-state index is -0.206. The molecule has 172 valence electrons. The molecule has 6 heteroatoms. The highest BCUT2D eigenvalue weighted by Crippen LogP contribution is 2.18. The molecule has 33 heavy (non-hydrogen) atoms. The lowest BCUT2D eigenvalue weighted by Gasteiger charge is -2.10. The van der Waals surface area contributed by atoms with Crippen LogP contribution in [0.1, 0.15) is 29.6 Å². The number of carbonyl (C=O) groups is 2. The Kier molecular flexibility index (Phi) is 9.03. The molecular weight excluding hydrogens is 414 g/mol. The van der Waals surface area contributed by atoms with Gasteiger partial charge in [-0.15, -0.1) is 0 Å². The van der Waals surface area contributed by atoms with Crippen LogP contribution >= 0.6 is 0 Å². The average Bonchev–Trinajstić information content (AvgIpc) is 3.20. The fraction of sp³-hybridized carbons (Fsp3) is 0.259. The smallest absolute Gasteiger partial charge is 0.255 e. The summed E-state index contributed by atoms with van der Waals surface area (Å²) in [5.41, 5.74) is 1.83. The van der Waals surface area contributed by atoms with Crippen molar-refractivity contribution in [3.8, 4) is 5.75 Å². The van der Waals surface area contributed by atoms with Crippen LogP contribution in [0.2, 0.25) is 0 Å². The molecule has 0 radical (unpaired) electrons. The summed E-state index contributed by atoms with van der Waals surface area (Å²) in [5, 5.41) is 5.85. The number of rotatable bonds is 9. The van der Waals surface area contributed by atoms with Gasteiger partial charge in [0.1, 0.15) is 11.5 Å². The molecule has 0 atom stereocenters. The van der Waals surface area contributed by atoms with Crippen molar-refractivity contribution < 1.29 is 14.3 Å².